The number of amides is 1. The first-order chi connectivity index (χ1) is 7.69. The molecular formula is C13H24N2O. The quantitative estimate of drug-likeness (QED) is 0.724. The van der Waals surface area contributed by atoms with Gasteiger partial charge in [-0.05, 0) is 40.0 Å². The van der Waals surface area contributed by atoms with E-state index in [1.54, 1.807) is 0 Å². The molecule has 1 aliphatic carbocycles. The molecule has 0 aromatic carbocycles. The van der Waals surface area contributed by atoms with E-state index in [-0.39, 0.29) is 11.9 Å². The summed E-state index contributed by atoms with van der Waals surface area (Å²) >= 11 is 0. The van der Waals surface area contributed by atoms with Crippen LogP contribution in [0.3, 0.4) is 0 Å². The highest BCUT2D eigenvalue weighted by atomic mass is 16.2. The first-order valence-electron chi connectivity index (χ1n) is 6.38. The summed E-state index contributed by atoms with van der Waals surface area (Å²) in [5.74, 6) is 0.222. The van der Waals surface area contributed by atoms with Gasteiger partial charge in [0.25, 0.3) is 0 Å². The van der Waals surface area contributed by atoms with E-state index in [1.165, 1.54) is 0 Å². The zero-order valence-corrected chi connectivity index (χ0v) is 10.7. The second kappa shape index (κ2) is 6.69. The zero-order chi connectivity index (χ0) is 12.0. The van der Waals surface area contributed by atoms with Gasteiger partial charge < -0.3 is 10.2 Å². The van der Waals surface area contributed by atoms with E-state index in [1.807, 2.05) is 25.7 Å². The van der Waals surface area contributed by atoms with Crippen molar-refractivity contribution in [1.82, 2.24) is 10.2 Å². The molecule has 0 spiro atoms. The molecule has 92 valence electrons. The molecule has 1 N–H and O–H groups in total. The van der Waals surface area contributed by atoms with E-state index in [0.717, 1.165) is 32.4 Å². The van der Waals surface area contributed by atoms with Crippen LogP contribution in [-0.4, -0.2) is 36.0 Å². The molecule has 0 aliphatic heterocycles. The predicted molar refractivity (Wildman–Crippen MR) is 67.3 cm³/mol. The predicted octanol–water partition coefficient (Wildman–Crippen LogP) is 1.94. The third-order valence-electron chi connectivity index (χ3n) is 3.20. The van der Waals surface area contributed by atoms with Crippen LogP contribution in [0.25, 0.3) is 0 Å². The van der Waals surface area contributed by atoms with Crippen LogP contribution in [0.4, 0.5) is 0 Å². The zero-order valence-electron chi connectivity index (χ0n) is 10.7. The summed E-state index contributed by atoms with van der Waals surface area (Å²) in [6, 6.07) is 0.413. The number of hydrogen-bond acceptors (Lipinski definition) is 2. The van der Waals surface area contributed by atoms with Crippen LogP contribution in [0.2, 0.25) is 0 Å². The standard InChI is InChI=1S/C13H24N2O/c1-4-15(5-2)13(16)11(3)14-12-9-7-6-8-10-12/h6-7,11-12,14H,4-5,8-10H2,1-3H3. The SMILES string of the molecule is CCN(CC)C(=O)C(C)NC1CC=CCC1. The third-order valence-corrected chi connectivity index (χ3v) is 3.20. The van der Waals surface area contributed by atoms with Crippen molar-refractivity contribution in [3.63, 3.8) is 0 Å². The first-order valence-corrected chi connectivity index (χ1v) is 6.38. The highest BCUT2D eigenvalue weighted by Gasteiger charge is 2.21. The van der Waals surface area contributed by atoms with Gasteiger partial charge in [0.15, 0.2) is 0 Å². The van der Waals surface area contributed by atoms with E-state index >= 15 is 0 Å². The molecule has 0 fully saturated rings. The van der Waals surface area contributed by atoms with Gasteiger partial charge in [0.2, 0.25) is 5.91 Å². The Morgan fingerprint density at radius 3 is 2.62 bits per heavy atom. The van der Waals surface area contributed by atoms with Crippen molar-refractivity contribution in [2.75, 3.05) is 13.1 Å². The number of nitrogens with zero attached hydrogens (tertiary/aromatic N) is 1. The summed E-state index contributed by atoms with van der Waals surface area (Å²) < 4.78 is 0. The Labute approximate surface area is 98.9 Å². The molecule has 1 amide bonds. The smallest absolute Gasteiger partial charge is 0.239 e. The minimum atomic E-state index is -0.0589. The molecule has 0 radical (unpaired) electrons. The lowest BCUT2D eigenvalue weighted by Crippen LogP contribution is -2.48. The molecule has 0 aromatic rings. The molecule has 2 unspecified atom stereocenters. The van der Waals surface area contributed by atoms with Crippen LogP contribution in [-0.2, 0) is 4.79 Å². The molecule has 0 bridgehead atoms. The molecular weight excluding hydrogens is 200 g/mol. The number of nitrogens with one attached hydrogen (secondary N) is 1. The number of allylic oxidation sites excluding steroid dienone is 1. The van der Waals surface area contributed by atoms with E-state index in [0.29, 0.717) is 6.04 Å². The van der Waals surface area contributed by atoms with Gasteiger partial charge in [-0.1, -0.05) is 12.2 Å². The summed E-state index contributed by atoms with van der Waals surface area (Å²) in [7, 11) is 0. The number of carbonyl (C=O) groups is 1. The largest absolute Gasteiger partial charge is 0.342 e. The minimum Gasteiger partial charge on any atom is -0.342 e. The van der Waals surface area contributed by atoms with Crippen molar-refractivity contribution in [1.29, 1.82) is 0 Å². The molecule has 1 aliphatic rings. The minimum absolute atomic E-state index is 0.0589. The summed E-state index contributed by atoms with van der Waals surface area (Å²) in [6.45, 7) is 7.62. The Morgan fingerprint density at radius 1 is 1.44 bits per heavy atom. The van der Waals surface area contributed by atoms with E-state index < -0.39 is 0 Å². The van der Waals surface area contributed by atoms with Crippen molar-refractivity contribution in [2.45, 2.75) is 52.1 Å². The van der Waals surface area contributed by atoms with Gasteiger partial charge in [0, 0.05) is 19.1 Å². The van der Waals surface area contributed by atoms with Crippen molar-refractivity contribution in [2.24, 2.45) is 0 Å². The van der Waals surface area contributed by atoms with Gasteiger partial charge in [-0.15, -0.1) is 0 Å². The Balaban J connectivity index is 2.41. The summed E-state index contributed by atoms with van der Waals surface area (Å²) in [5.41, 5.74) is 0. The fraction of sp³-hybridized carbons (Fsp3) is 0.769. The van der Waals surface area contributed by atoms with Crippen molar-refractivity contribution in [3.8, 4) is 0 Å². The summed E-state index contributed by atoms with van der Waals surface area (Å²) in [6.07, 6.45) is 7.75. The second-order valence-electron chi connectivity index (χ2n) is 4.38. The van der Waals surface area contributed by atoms with Crippen LogP contribution in [0.15, 0.2) is 12.2 Å². The Morgan fingerprint density at radius 2 is 2.12 bits per heavy atom. The summed E-state index contributed by atoms with van der Waals surface area (Å²) in [5, 5.41) is 3.43. The van der Waals surface area contributed by atoms with Crippen molar-refractivity contribution < 1.29 is 4.79 Å². The van der Waals surface area contributed by atoms with E-state index in [4.69, 9.17) is 0 Å². The normalized spacial score (nSPS) is 21.8. The lowest BCUT2D eigenvalue weighted by atomic mass is 10.0. The van der Waals surface area contributed by atoms with Gasteiger partial charge in [-0.2, -0.15) is 0 Å². The van der Waals surface area contributed by atoms with Crippen LogP contribution in [0.1, 0.15) is 40.0 Å². The summed E-state index contributed by atoms with van der Waals surface area (Å²) in [4.78, 5) is 13.9. The third kappa shape index (κ3) is 3.63. The van der Waals surface area contributed by atoms with Gasteiger partial charge >= 0.3 is 0 Å². The molecule has 3 nitrogen and oxygen atoms in total. The fourth-order valence-corrected chi connectivity index (χ4v) is 2.18. The number of hydrogen-bond donors (Lipinski definition) is 1. The van der Waals surface area contributed by atoms with E-state index in [2.05, 4.69) is 17.5 Å². The molecule has 0 aromatic heterocycles. The Bertz CT molecular complexity index is 246. The van der Waals surface area contributed by atoms with Crippen LogP contribution >= 0.6 is 0 Å². The molecule has 16 heavy (non-hydrogen) atoms. The Kier molecular flexibility index (Phi) is 5.53. The average molecular weight is 224 g/mol. The van der Waals surface area contributed by atoms with Gasteiger partial charge in [0.05, 0.1) is 6.04 Å². The Hall–Kier alpha value is -0.830. The number of carbonyl (C=O) groups excluding carboxylic acids is 1. The van der Waals surface area contributed by atoms with Crippen molar-refractivity contribution >= 4 is 5.91 Å². The maximum atomic E-state index is 12.0. The molecule has 2 atom stereocenters. The first kappa shape index (κ1) is 13.2. The average Bonchev–Trinajstić information content (AvgIpc) is 2.31. The van der Waals surface area contributed by atoms with Crippen LogP contribution < -0.4 is 5.32 Å². The number of likely N-dealkylation sites (N-methyl/N-ethyl adjacent to an activating group) is 1. The van der Waals surface area contributed by atoms with Crippen LogP contribution in [0.5, 0.6) is 0 Å². The van der Waals surface area contributed by atoms with Gasteiger partial charge in [-0.25, -0.2) is 0 Å². The maximum Gasteiger partial charge on any atom is 0.239 e. The van der Waals surface area contributed by atoms with Crippen molar-refractivity contribution in [3.05, 3.63) is 12.2 Å². The highest BCUT2D eigenvalue weighted by Crippen LogP contribution is 2.11. The lowest BCUT2D eigenvalue weighted by Gasteiger charge is -2.27. The second-order valence-corrected chi connectivity index (χ2v) is 4.38. The molecule has 0 saturated carbocycles. The van der Waals surface area contributed by atoms with Gasteiger partial charge in [-0.3, -0.25) is 4.79 Å². The fourth-order valence-electron chi connectivity index (χ4n) is 2.18. The molecule has 0 saturated heterocycles. The van der Waals surface area contributed by atoms with Gasteiger partial charge in [0.1, 0.15) is 0 Å². The van der Waals surface area contributed by atoms with E-state index in [9.17, 15) is 4.79 Å². The molecule has 3 heteroatoms. The molecule has 0 heterocycles. The maximum absolute atomic E-state index is 12.0. The highest BCUT2D eigenvalue weighted by molar-refractivity contribution is 5.81. The number of rotatable bonds is 5. The molecule has 1 rings (SSSR count). The monoisotopic (exact) mass is 224 g/mol. The topological polar surface area (TPSA) is 32.3 Å². The van der Waals surface area contributed by atoms with Crippen LogP contribution in [0, 0.1) is 0 Å². The lowest BCUT2D eigenvalue weighted by molar-refractivity contribution is -0.132.